The van der Waals surface area contributed by atoms with Crippen molar-refractivity contribution in [1.29, 1.82) is 0 Å². The predicted molar refractivity (Wildman–Crippen MR) is 69.8 cm³/mol. The molecule has 19 heavy (non-hydrogen) atoms. The van der Waals surface area contributed by atoms with Crippen LogP contribution in [0.5, 0.6) is 0 Å². The number of carboxylic acids is 1. The van der Waals surface area contributed by atoms with Crippen molar-refractivity contribution in [3.8, 4) is 0 Å². The molecule has 5 nitrogen and oxygen atoms in total. The summed E-state index contributed by atoms with van der Waals surface area (Å²) in [6.45, 7) is 6.83. The van der Waals surface area contributed by atoms with E-state index in [0.717, 1.165) is 12.8 Å². The second-order valence-corrected chi connectivity index (χ2v) is 6.48. The average molecular weight is 267 g/mol. The van der Waals surface area contributed by atoms with Crippen LogP contribution in [0.4, 0.5) is 4.79 Å². The van der Waals surface area contributed by atoms with Crippen molar-refractivity contribution < 1.29 is 19.4 Å². The number of amides is 1. The summed E-state index contributed by atoms with van der Waals surface area (Å²) in [6, 6.07) is 0. The van der Waals surface area contributed by atoms with Crippen LogP contribution in [-0.2, 0) is 9.53 Å². The highest BCUT2D eigenvalue weighted by molar-refractivity contribution is 5.88. The van der Waals surface area contributed by atoms with Crippen LogP contribution in [0.15, 0.2) is 11.6 Å². The Balaban J connectivity index is 1.87. The molecule has 0 saturated carbocycles. The summed E-state index contributed by atoms with van der Waals surface area (Å²) < 4.78 is 5.33. The van der Waals surface area contributed by atoms with Gasteiger partial charge in [-0.3, -0.25) is 0 Å². The maximum Gasteiger partial charge on any atom is 0.410 e. The lowest BCUT2D eigenvalue weighted by molar-refractivity contribution is -0.133. The van der Waals surface area contributed by atoms with E-state index in [2.05, 4.69) is 0 Å². The largest absolute Gasteiger partial charge is 0.478 e. The molecular formula is C14H21NO4. The molecule has 0 aromatic heterocycles. The number of hydrogen-bond acceptors (Lipinski definition) is 3. The molecule has 0 aromatic rings. The molecule has 2 rings (SSSR count). The van der Waals surface area contributed by atoms with Crippen LogP contribution in [0.2, 0.25) is 0 Å². The Kier molecular flexibility index (Phi) is 3.32. The molecule has 1 spiro atoms. The van der Waals surface area contributed by atoms with Gasteiger partial charge in [-0.15, -0.1) is 0 Å². The van der Waals surface area contributed by atoms with Crippen LogP contribution in [0.3, 0.4) is 0 Å². The van der Waals surface area contributed by atoms with E-state index in [0.29, 0.717) is 25.1 Å². The van der Waals surface area contributed by atoms with Crippen LogP contribution >= 0.6 is 0 Å². The topological polar surface area (TPSA) is 66.8 Å². The number of hydrogen-bond donors (Lipinski definition) is 1. The van der Waals surface area contributed by atoms with Gasteiger partial charge < -0.3 is 14.7 Å². The quantitative estimate of drug-likeness (QED) is 0.792. The summed E-state index contributed by atoms with van der Waals surface area (Å²) in [7, 11) is 0. The third-order valence-corrected chi connectivity index (χ3v) is 3.71. The number of carbonyl (C=O) groups excluding carboxylic acids is 1. The lowest BCUT2D eigenvalue weighted by Crippen LogP contribution is -2.47. The zero-order valence-electron chi connectivity index (χ0n) is 11.7. The van der Waals surface area contributed by atoms with Crippen molar-refractivity contribution in [2.75, 3.05) is 13.1 Å². The molecule has 0 aromatic carbocycles. The zero-order chi connectivity index (χ0) is 14.3. The van der Waals surface area contributed by atoms with E-state index in [1.54, 1.807) is 4.90 Å². The molecule has 0 radical (unpaired) electrons. The molecule has 1 heterocycles. The minimum atomic E-state index is -0.819. The van der Waals surface area contributed by atoms with Crippen LogP contribution in [-0.4, -0.2) is 40.8 Å². The Labute approximate surface area is 113 Å². The summed E-state index contributed by atoms with van der Waals surface area (Å²) in [6.07, 6.45) is 3.86. The van der Waals surface area contributed by atoms with E-state index in [1.807, 2.05) is 26.8 Å². The van der Waals surface area contributed by atoms with Gasteiger partial charge in [0.15, 0.2) is 0 Å². The number of allylic oxidation sites excluding steroid dienone is 1. The fourth-order valence-corrected chi connectivity index (χ4v) is 2.64. The predicted octanol–water partition coefficient (Wildman–Crippen LogP) is 2.42. The number of carboxylic acid groups (broad SMARTS) is 1. The second kappa shape index (κ2) is 4.54. The summed E-state index contributed by atoms with van der Waals surface area (Å²) in [4.78, 5) is 24.4. The molecule has 2 aliphatic rings. The van der Waals surface area contributed by atoms with Gasteiger partial charge in [0, 0.05) is 18.7 Å². The maximum absolute atomic E-state index is 11.9. The Morgan fingerprint density at radius 1 is 1.32 bits per heavy atom. The number of likely N-dealkylation sites (tertiary alicyclic amines) is 1. The van der Waals surface area contributed by atoms with Gasteiger partial charge in [0.1, 0.15) is 5.60 Å². The first-order chi connectivity index (χ1) is 8.71. The molecule has 0 bridgehead atoms. The zero-order valence-corrected chi connectivity index (χ0v) is 11.7. The van der Waals surface area contributed by atoms with Crippen molar-refractivity contribution in [2.24, 2.45) is 5.41 Å². The van der Waals surface area contributed by atoms with Crippen molar-refractivity contribution in [3.05, 3.63) is 11.6 Å². The van der Waals surface area contributed by atoms with E-state index in [9.17, 15) is 9.59 Å². The van der Waals surface area contributed by atoms with Crippen molar-refractivity contribution in [1.82, 2.24) is 4.90 Å². The normalized spacial score (nSPS) is 21.6. The summed E-state index contributed by atoms with van der Waals surface area (Å²) >= 11 is 0. The molecule has 1 aliphatic carbocycles. The van der Waals surface area contributed by atoms with Crippen LogP contribution in [0.1, 0.15) is 40.0 Å². The van der Waals surface area contributed by atoms with E-state index >= 15 is 0 Å². The molecule has 1 aliphatic heterocycles. The van der Waals surface area contributed by atoms with Crippen molar-refractivity contribution in [2.45, 2.75) is 45.6 Å². The number of carbonyl (C=O) groups is 2. The van der Waals surface area contributed by atoms with Gasteiger partial charge in [-0.25, -0.2) is 9.59 Å². The second-order valence-electron chi connectivity index (χ2n) is 6.48. The minimum Gasteiger partial charge on any atom is -0.478 e. The maximum atomic E-state index is 11.9. The lowest BCUT2D eigenvalue weighted by Gasteiger charge is -2.45. The molecule has 106 valence electrons. The fourth-order valence-electron chi connectivity index (χ4n) is 2.64. The SMILES string of the molecule is CC(C)(C)OC(=O)N1CCC2(C=C(C(=O)O)C2)CC1. The summed E-state index contributed by atoms with van der Waals surface area (Å²) in [5, 5.41) is 8.86. The molecule has 0 unspecified atom stereocenters. The first-order valence-electron chi connectivity index (χ1n) is 6.64. The Bertz CT molecular complexity index is 425. The van der Waals surface area contributed by atoms with E-state index in [1.165, 1.54) is 0 Å². The highest BCUT2D eigenvalue weighted by Crippen LogP contribution is 2.47. The summed E-state index contributed by atoms with van der Waals surface area (Å²) in [5.41, 5.74) is 0.0383. The number of rotatable bonds is 1. The lowest BCUT2D eigenvalue weighted by atomic mass is 9.65. The number of piperidine rings is 1. The Morgan fingerprint density at radius 3 is 2.26 bits per heavy atom. The molecule has 5 heteroatoms. The Morgan fingerprint density at radius 2 is 1.84 bits per heavy atom. The number of nitrogens with zero attached hydrogens (tertiary/aromatic N) is 1. The molecule has 1 fully saturated rings. The van der Waals surface area contributed by atoms with Crippen LogP contribution in [0, 0.1) is 5.41 Å². The molecule has 1 amide bonds. The van der Waals surface area contributed by atoms with Gasteiger partial charge in [-0.2, -0.15) is 0 Å². The smallest absolute Gasteiger partial charge is 0.410 e. The Hall–Kier alpha value is -1.52. The standard InChI is InChI=1S/C14H21NO4/c1-13(2,3)19-12(18)15-6-4-14(5-7-15)8-10(9-14)11(16)17/h8H,4-7,9H2,1-3H3,(H,16,17). The highest BCUT2D eigenvalue weighted by Gasteiger charge is 2.42. The van der Waals surface area contributed by atoms with Crippen molar-refractivity contribution >= 4 is 12.1 Å². The average Bonchev–Trinajstić information content (AvgIpc) is 2.23. The van der Waals surface area contributed by atoms with Gasteiger partial charge in [0.05, 0.1) is 0 Å². The first kappa shape index (κ1) is 13.9. The number of aliphatic carboxylic acids is 1. The van der Waals surface area contributed by atoms with E-state index < -0.39 is 11.6 Å². The highest BCUT2D eigenvalue weighted by atomic mass is 16.6. The van der Waals surface area contributed by atoms with Gasteiger partial charge in [-0.1, -0.05) is 6.08 Å². The van der Waals surface area contributed by atoms with E-state index in [-0.39, 0.29) is 11.5 Å². The van der Waals surface area contributed by atoms with Gasteiger partial charge in [-0.05, 0) is 45.4 Å². The third kappa shape index (κ3) is 3.08. The van der Waals surface area contributed by atoms with E-state index in [4.69, 9.17) is 9.84 Å². The molecular weight excluding hydrogens is 246 g/mol. The molecule has 1 saturated heterocycles. The third-order valence-electron chi connectivity index (χ3n) is 3.71. The summed E-state index contributed by atoms with van der Waals surface area (Å²) in [5.74, 6) is -0.819. The monoisotopic (exact) mass is 267 g/mol. The van der Waals surface area contributed by atoms with Gasteiger partial charge in [0.25, 0.3) is 0 Å². The molecule has 0 atom stereocenters. The number of ether oxygens (including phenoxy) is 1. The van der Waals surface area contributed by atoms with Crippen LogP contribution < -0.4 is 0 Å². The van der Waals surface area contributed by atoms with Crippen molar-refractivity contribution in [3.63, 3.8) is 0 Å². The minimum absolute atomic E-state index is 0.00619. The molecule has 1 N–H and O–H groups in total. The van der Waals surface area contributed by atoms with Crippen LogP contribution in [0.25, 0.3) is 0 Å². The van der Waals surface area contributed by atoms with Gasteiger partial charge >= 0.3 is 12.1 Å². The fraction of sp³-hybridized carbons (Fsp3) is 0.714. The van der Waals surface area contributed by atoms with Gasteiger partial charge in [0.2, 0.25) is 0 Å². The first-order valence-corrected chi connectivity index (χ1v) is 6.64.